The van der Waals surface area contributed by atoms with Crippen molar-refractivity contribution in [3.63, 3.8) is 0 Å². The van der Waals surface area contributed by atoms with Crippen molar-refractivity contribution in [3.8, 4) is 5.75 Å². The van der Waals surface area contributed by atoms with Gasteiger partial charge >= 0.3 is 6.03 Å². The second-order valence-corrected chi connectivity index (χ2v) is 5.95. The standard InChI is InChI=1S/C20H26N2O3/c1-15-8-9-16(14-19(15)25-2)10-12-21-20(24)22-13-11-18(23)17-6-4-3-5-7-17/h3-9,14,18,23H,10-13H2,1-2H3,(H2,21,22,24). The Balaban J connectivity index is 1.66. The Hall–Kier alpha value is -2.53. The molecule has 2 aromatic rings. The van der Waals surface area contributed by atoms with Gasteiger partial charge in [0.25, 0.3) is 0 Å². The highest BCUT2D eigenvalue weighted by atomic mass is 16.5. The van der Waals surface area contributed by atoms with Crippen molar-refractivity contribution in [2.75, 3.05) is 20.2 Å². The maximum atomic E-state index is 11.8. The van der Waals surface area contributed by atoms with Gasteiger partial charge in [0.15, 0.2) is 0 Å². The molecule has 0 radical (unpaired) electrons. The summed E-state index contributed by atoms with van der Waals surface area (Å²) in [6, 6.07) is 15.3. The van der Waals surface area contributed by atoms with Gasteiger partial charge in [-0.15, -0.1) is 0 Å². The summed E-state index contributed by atoms with van der Waals surface area (Å²) in [6.45, 7) is 2.96. The molecular formula is C20H26N2O3. The number of carbonyl (C=O) groups excluding carboxylic acids is 1. The molecule has 1 unspecified atom stereocenters. The quantitative estimate of drug-likeness (QED) is 0.691. The Bertz CT molecular complexity index is 674. The van der Waals surface area contributed by atoms with Crippen LogP contribution >= 0.6 is 0 Å². The van der Waals surface area contributed by atoms with Crippen LogP contribution in [0.5, 0.6) is 5.75 Å². The molecule has 0 aliphatic rings. The van der Waals surface area contributed by atoms with Crippen molar-refractivity contribution in [1.82, 2.24) is 10.6 Å². The van der Waals surface area contributed by atoms with Crippen molar-refractivity contribution < 1.29 is 14.6 Å². The van der Waals surface area contributed by atoms with Crippen molar-refractivity contribution in [3.05, 3.63) is 65.2 Å². The van der Waals surface area contributed by atoms with Crippen molar-refractivity contribution in [2.45, 2.75) is 25.9 Å². The van der Waals surface area contributed by atoms with Gasteiger partial charge in [-0.05, 0) is 42.5 Å². The zero-order valence-corrected chi connectivity index (χ0v) is 14.8. The lowest BCUT2D eigenvalue weighted by molar-refractivity contribution is 0.167. The molecule has 2 amide bonds. The molecule has 0 heterocycles. The second-order valence-electron chi connectivity index (χ2n) is 5.95. The third-order valence-electron chi connectivity index (χ3n) is 4.06. The van der Waals surface area contributed by atoms with Gasteiger partial charge in [-0.25, -0.2) is 4.79 Å². The van der Waals surface area contributed by atoms with Gasteiger partial charge in [-0.1, -0.05) is 42.5 Å². The molecule has 0 spiro atoms. The molecule has 134 valence electrons. The molecule has 0 saturated heterocycles. The topological polar surface area (TPSA) is 70.6 Å². The molecule has 2 rings (SSSR count). The Morgan fingerprint density at radius 1 is 1.12 bits per heavy atom. The summed E-state index contributed by atoms with van der Waals surface area (Å²) in [5.41, 5.74) is 3.06. The largest absolute Gasteiger partial charge is 0.496 e. The SMILES string of the molecule is COc1cc(CCNC(=O)NCCC(O)c2ccccc2)ccc1C. The summed E-state index contributed by atoms with van der Waals surface area (Å²) in [7, 11) is 1.65. The first-order valence-electron chi connectivity index (χ1n) is 8.48. The van der Waals surface area contributed by atoms with Crippen LogP contribution in [0.1, 0.15) is 29.2 Å². The number of hydrogen-bond acceptors (Lipinski definition) is 3. The number of hydrogen-bond donors (Lipinski definition) is 3. The fourth-order valence-corrected chi connectivity index (χ4v) is 2.57. The molecule has 25 heavy (non-hydrogen) atoms. The Morgan fingerprint density at radius 2 is 1.84 bits per heavy atom. The average molecular weight is 342 g/mol. The van der Waals surface area contributed by atoms with E-state index in [4.69, 9.17) is 4.74 Å². The summed E-state index contributed by atoms with van der Waals surface area (Å²) in [5, 5.41) is 15.6. The maximum Gasteiger partial charge on any atom is 0.314 e. The summed E-state index contributed by atoms with van der Waals surface area (Å²) in [6.07, 6.45) is 0.644. The molecule has 2 aromatic carbocycles. The number of benzene rings is 2. The highest BCUT2D eigenvalue weighted by Crippen LogP contribution is 2.19. The molecule has 0 fully saturated rings. The van der Waals surface area contributed by atoms with Gasteiger partial charge < -0.3 is 20.5 Å². The molecule has 0 aliphatic heterocycles. The molecule has 0 aromatic heterocycles. The molecule has 5 heteroatoms. The predicted molar refractivity (Wildman–Crippen MR) is 98.9 cm³/mol. The van der Waals surface area contributed by atoms with Crippen LogP contribution in [-0.2, 0) is 6.42 Å². The third-order valence-corrected chi connectivity index (χ3v) is 4.06. The molecule has 0 saturated carbocycles. The summed E-state index contributed by atoms with van der Waals surface area (Å²) >= 11 is 0. The number of urea groups is 1. The van der Waals surface area contributed by atoms with Crippen LogP contribution in [0.25, 0.3) is 0 Å². The van der Waals surface area contributed by atoms with E-state index in [1.807, 2.05) is 55.5 Å². The first-order valence-corrected chi connectivity index (χ1v) is 8.48. The minimum atomic E-state index is -0.568. The second kappa shape index (κ2) is 9.69. The molecule has 0 bridgehead atoms. The van der Waals surface area contributed by atoms with E-state index in [1.165, 1.54) is 0 Å². The van der Waals surface area contributed by atoms with E-state index in [-0.39, 0.29) is 6.03 Å². The molecule has 0 aliphatic carbocycles. The Kier molecular flexibility index (Phi) is 7.29. The number of amides is 2. The van der Waals surface area contributed by atoms with E-state index in [2.05, 4.69) is 10.6 Å². The highest BCUT2D eigenvalue weighted by Gasteiger charge is 2.07. The van der Waals surface area contributed by atoms with E-state index < -0.39 is 6.10 Å². The lowest BCUT2D eigenvalue weighted by Gasteiger charge is -2.12. The van der Waals surface area contributed by atoms with Gasteiger partial charge in [-0.2, -0.15) is 0 Å². The lowest BCUT2D eigenvalue weighted by atomic mass is 10.1. The fraction of sp³-hybridized carbons (Fsp3) is 0.350. The van der Waals surface area contributed by atoms with Crippen molar-refractivity contribution >= 4 is 6.03 Å². The molecule has 1 atom stereocenters. The van der Waals surface area contributed by atoms with Crippen LogP contribution in [0.15, 0.2) is 48.5 Å². The molecule has 5 nitrogen and oxygen atoms in total. The van der Waals surface area contributed by atoms with Crippen LogP contribution < -0.4 is 15.4 Å². The lowest BCUT2D eigenvalue weighted by Crippen LogP contribution is -2.37. The highest BCUT2D eigenvalue weighted by molar-refractivity contribution is 5.73. The first kappa shape index (κ1) is 18.8. The van der Waals surface area contributed by atoms with Crippen molar-refractivity contribution in [1.29, 1.82) is 0 Å². The maximum absolute atomic E-state index is 11.8. The van der Waals surface area contributed by atoms with Crippen LogP contribution in [0.4, 0.5) is 4.79 Å². The van der Waals surface area contributed by atoms with Crippen LogP contribution in [-0.4, -0.2) is 31.3 Å². The minimum absolute atomic E-state index is 0.223. The van der Waals surface area contributed by atoms with Crippen LogP contribution in [0.2, 0.25) is 0 Å². The minimum Gasteiger partial charge on any atom is -0.496 e. The Labute approximate surface area is 149 Å². The van der Waals surface area contributed by atoms with E-state index in [0.29, 0.717) is 19.5 Å². The van der Waals surface area contributed by atoms with Crippen LogP contribution in [0, 0.1) is 6.92 Å². The number of methoxy groups -OCH3 is 1. The van der Waals surface area contributed by atoms with E-state index in [0.717, 1.165) is 28.9 Å². The summed E-state index contributed by atoms with van der Waals surface area (Å²) in [4.78, 5) is 11.8. The number of carbonyl (C=O) groups is 1. The smallest absolute Gasteiger partial charge is 0.314 e. The Morgan fingerprint density at radius 3 is 2.56 bits per heavy atom. The van der Waals surface area contributed by atoms with Gasteiger partial charge in [0, 0.05) is 13.1 Å². The number of aryl methyl sites for hydroxylation is 1. The zero-order chi connectivity index (χ0) is 18.1. The number of nitrogens with one attached hydrogen (secondary N) is 2. The summed E-state index contributed by atoms with van der Waals surface area (Å²) < 4.78 is 5.30. The van der Waals surface area contributed by atoms with Gasteiger partial charge in [0.2, 0.25) is 0 Å². The average Bonchev–Trinajstić information content (AvgIpc) is 2.63. The van der Waals surface area contributed by atoms with Gasteiger partial charge in [0.05, 0.1) is 13.2 Å². The van der Waals surface area contributed by atoms with Gasteiger partial charge in [-0.3, -0.25) is 0 Å². The van der Waals surface area contributed by atoms with E-state index >= 15 is 0 Å². The normalized spacial score (nSPS) is 11.6. The zero-order valence-electron chi connectivity index (χ0n) is 14.8. The van der Waals surface area contributed by atoms with E-state index in [1.54, 1.807) is 7.11 Å². The first-order chi connectivity index (χ1) is 12.1. The van der Waals surface area contributed by atoms with Gasteiger partial charge in [0.1, 0.15) is 5.75 Å². The third kappa shape index (κ3) is 6.12. The molecular weight excluding hydrogens is 316 g/mol. The summed E-state index contributed by atoms with van der Waals surface area (Å²) in [5.74, 6) is 0.858. The van der Waals surface area contributed by atoms with E-state index in [9.17, 15) is 9.90 Å². The van der Waals surface area contributed by atoms with Crippen molar-refractivity contribution in [2.24, 2.45) is 0 Å². The monoisotopic (exact) mass is 342 g/mol. The number of rotatable bonds is 8. The number of aliphatic hydroxyl groups is 1. The number of aliphatic hydroxyl groups excluding tert-OH is 1. The fourth-order valence-electron chi connectivity index (χ4n) is 2.57. The van der Waals surface area contributed by atoms with Crippen LogP contribution in [0.3, 0.4) is 0 Å². The predicted octanol–water partition coefficient (Wildman–Crippen LogP) is 2.97. The number of ether oxygens (including phenoxy) is 1. The molecule has 3 N–H and O–H groups in total.